The molecule has 13 heavy (non-hydrogen) atoms. The average molecular weight is 189 g/mol. The van der Waals surface area contributed by atoms with Crippen molar-refractivity contribution in [2.75, 3.05) is 6.61 Å². The monoisotopic (exact) mass is 189 g/mol. The summed E-state index contributed by atoms with van der Waals surface area (Å²) in [4.78, 5) is 0. The van der Waals surface area contributed by atoms with Gasteiger partial charge in [0.05, 0.1) is 6.04 Å². The van der Waals surface area contributed by atoms with Crippen LogP contribution in [-0.4, -0.2) is 6.61 Å². The van der Waals surface area contributed by atoms with Crippen molar-refractivity contribution in [3.05, 3.63) is 29.1 Å². The van der Waals surface area contributed by atoms with Gasteiger partial charge < -0.3 is 10.5 Å². The summed E-state index contributed by atoms with van der Waals surface area (Å²) >= 11 is 0. The summed E-state index contributed by atoms with van der Waals surface area (Å²) in [6.45, 7) is 0.0507. The Morgan fingerprint density at radius 2 is 2.00 bits per heavy atom. The zero-order chi connectivity index (χ0) is 9.59. The molecule has 2 nitrogen and oxygen atoms in total. The first-order chi connectivity index (χ1) is 6.11. The van der Waals surface area contributed by atoms with Gasteiger partial charge in [0.25, 0.3) is 0 Å². The number of halogens is 3. The third-order valence-corrected chi connectivity index (χ3v) is 1.95. The van der Waals surface area contributed by atoms with Crippen LogP contribution in [0.4, 0.5) is 13.2 Å². The molecule has 0 radical (unpaired) electrons. The van der Waals surface area contributed by atoms with Crippen molar-refractivity contribution in [1.29, 1.82) is 0 Å². The maximum absolute atomic E-state index is 12.9. The Bertz CT molecular complexity index is 367. The van der Waals surface area contributed by atoms with Gasteiger partial charge in [-0.25, -0.2) is 8.78 Å². The van der Waals surface area contributed by atoms with E-state index in [1.54, 1.807) is 0 Å². The van der Waals surface area contributed by atoms with Crippen LogP contribution in [0.3, 0.4) is 0 Å². The average Bonchev–Trinajstić information content (AvgIpc) is 2.45. The minimum atomic E-state index is -1.52. The van der Waals surface area contributed by atoms with E-state index in [1.165, 1.54) is 0 Å². The molecule has 0 fully saturated rings. The van der Waals surface area contributed by atoms with Crippen molar-refractivity contribution < 1.29 is 17.9 Å². The molecule has 1 aliphatic rings. The first kappa shape index (κ1) is 8.37. The molecule has 1 aromatic carbocycles. The van der Waals surface area contributed by atoms with Crippen molar-refractivity contribution in [3.63, 3.8) is 0 Å². The molecule has 0 amide bonds. The predicted octanol–water partition coefficient (Wildman–Crippen LogP) is 1.50. The van der Waals surface area contributed by atoms with Crippen LogP contribution in [0.15, 0.2) is 6.07 Å². The van der Waals surface area contributed by atoms with Gasteiger partial charge in [0.1, 0.15) is 6.61 Å². The number of nitrogens with two attached hydrogens (primary N) is 1. The molecule has 0 aromatic heterocycles. The Kier molecular flexibility index (Phi) is 1.69. The highest BCUT2D eigenvalue weighted by atomic mass is 19.2. The smallest absolute Gasteiger partial charge is 0.204 e. The summed E-state index contributed by atoms with van der Waals surface area (Å²) < 4.78 is 43.0. The summed E-state index contributed by atoms with van der Waals surface area (Å²) in [6.07, 6.45) is 0. The number of benzene rings is 1. The van der Waals surface area contributed by atoms with Gasteiger partial charge in [0.15, 0.2) is 17.4 Å². The van der Waals surface area contributed by atoms with Crippen LogP contribution in [0.25, 0.3) is 0 Å². The van der Waals surface area contributed by atoms with E-state index in [0.717, 1.165) is 6.07 Å². The zero-order valence-corrected chi connectivity index (χ0v) is 6.48. The highest BCUT2D eigenvalue weighted by Crippen LogP contribution is 2.35. The molecule has 0 unspecified atom stereocenters. The first-order valence-corrected chi connectivity index (χ1v) is 3.67. The lowest BCUT2D eigenvalue weighted by Crippen LogP contribution is -2.10. The highest BCUT2D eigenvalue weighted by molar-refractivity contribution is 5.41. The molecule has 0 saturated heterocycles. The van der Waals surface area contributed by atoms with Crippen LogP contribution in [0.2, 0.25) is 0 Å². The van der Waals surface area contributed by atoms with Gasteiger partial charge >= 0.3 is 0 Å². The van der Waals surface area contributed by atoms with Crippen LogP contribution >= 0.6 is 0 Å². The van der Waals surface area contributed by atoms with E-state index in [1.807, 2.05) is 0 Å². The summed E-state index contributed by atoms with van der Waals surface area (Å²) in [7, 11) is 0. The number of ether oxygens (including phenoxy) is 1. The van der Waals surface area contributed by atoms with Crippen molar-refractivity contribution in [2.24, 2.45) is 5.73 Å². The topological polar surface area (TPSA) is 35.2 Å². The standard InChI is InChI=1S/C8H6F3NO/c9-4-1-3-5(12)2-13-8(3)7(11)6(4)10/h1,5H,2,12H2/t5-/m1/s1. The molecular weight excluding hydrogens is 183 g/mol. The Morgan fingerprint density at radius 3 is 2.69 bits per heavy atom. The van der Waals surface area contributed by atoms with Crippen molar-refractivity contribution in [3.8, 4) is 5.75 Å². The summed E-state index contributed by atoms with van der Waals surface area (Å²) in [6, 6.07) is 0.283. The molecule has 1 aromatic rings. The third-order valence-electron chi connectivity index (χ3n) is 1.95. The van der Waals surface area contributed by atoms with Crippen LogP contribution in [0.1, 0.15) is 11.6 Å². The fraction of sp³-hybridized carbons (Fsp3) is 0.250. The van der Waals surface area contributed by atoms with Crippen molar-refractivity contribution in [2.45, 2.75) is 6.04 Å². The largest absolute Gasteiger partial charge is 0.488 e. The summed E-state index contributed by atoms with van der Waals surface area (Å²) in [5.74, 6) is -4.33. The minimum Gasteiger partial charge on any atom is -0.488 e. The van der Waals surface area contributed by atoms with Gasteiger partial charge in [0.2, 0.25) is 5.82 Å². The zero-order valence-electron chi connectivity index (χ0n) is 6.48. The van der Waals surface area contributed by atoms with Crippen molar-refractivity contribution >= 4 is 0 Å². The lowest BCUT2D eigenvalue weighted by molar-refractivity contribution is 0.311. The van der Waals surface area contributed by atoms with E-state index < -0.39 is 23.5 Å². The molecular formula is C8H6F3NO. The van der Waals surface area contributed by atoms with Crippen LogP contribution in [0.5, 0.6) is 5.75 Å². The number of rotatable bonds is 0. The maximum atomic E-state index is 12.9. The molecule has 1 heterocycles. The molecule has 70 valence electrons. The molecule has 0 saturated carbocycles. The van der Waals surface area contributed by atoms with Gasteiger partial charge in [0, 0.05) is 5.56 Å². The van der Waals surface area contributed by atoms with Gasteiger partial charge in [-0.15, -0.1) is 0 Å². The van der Waals surface area contributed by atoms with Gasteiger partial charge in [-0.1, -0.05) is 0 Å². The number of hydrogen-bond donors (Lipinski definition) is 1. The molecule has 2 N–H and O–H groups in total. The summed E-state index contributed by atoms with van der Waals surface area (Å²) in [5, 5.41) is 0. The fourth-order valence-electron chi connectivity index (χ4n) is 1.28. The van der Waals surface area contributed by atoms with E-state index in [4.69, 9.17) is 10.5 Å². The minimum absolute atomic E-state index is 0.0507. The first-order valence-electron chi connectivity index (χ1n) is 3.67. The van der Waals surface area contributed by atoms with E-state index in [9.17, 15) is 13.2 Å². The molecule has 0 aliphatic carbocycles. The van der Waals surface area contributed by atoms with E-state index in [0.29, 0.717) is 0 Å². The van der Waals surface area contributed by atoms with Crippen LogP contribution < -0.4 is 10.5 Å². The molecule has 1 atom stereocenters. The molecule has 0 spiro atoms. The van der Waals surface area contributed by atoms with E-state index >= 15 is 0 Å². The second-order valence-electron chi connectivity index (χ2n) is 2.82. The summed E-state index contributed by atoms with van der Waals surface area (Å²) in [5.41, 5.74) is 5.63. The van der Waals surface area contributed by atoms with E-state index in [2.05, 4.69) is 0 Å². The predicted molar refractivity (Wildman–Crippen MR) is 38.7 cm³/mol. The quantitative estimate of drug-likeness (QED) is 0.627. The highest BCUT2D eigenvalue weighted by Gasteiger charge is 2.28. The Balaban J connectivity index is 2.67. The third kappa shape index (κ3) is 1.07. The number of fused-ring (bicyclic) bond motifs is 1. The number of hydrogen-bond acceptors (Lipinski definition) is 2. The molecule has 5 heteroatoms. The Morgan fingerprint density at radius 1 is 1.31 bits per heavy atom. The SMILES string of the molecule is N[C@@H]1COc2c1cc(F)c(F)c2F. The second kappa shape index (κ2) is 2.63. The van der Waals surface area contributed by atoms with Crippen LogP contribution in [0, 0.1) is 17.5 Å². The Labute approximate surface area is 72.1 Å². The van der Waals surface area contributed by atoms with Crippen LogP contribution in [-0.2, 0) is 0 Å². The van der Waals surface area contributed by atoms with Gasteiger partial charge in [-0.3, -0.25) is 0 Å². The lowest BCUT2D eigenvalue weighted by Gasteiger charge is -2.02. The van der Waals surface area contributed by atoms with Crippen molar-refractivity contribution in [1.82, 2.24) is 0 Å². The fourth-order valence-corrected chi connectivity index (χ4v) is 1.28. The second-order valence-corrected chi connectivity index (χ2v) is 2.82. The van der Waals surface area contributed by atoms with Gasteiger partial charge in [-0.05, 0) is 6.07 Å². The molecule has 0 bridgehead atoms. The normalized spacial score (nSPS) is 19.8. The molecule has 1 aliphatic heterocycles. The Hall–Kier alpha value is -1.23. The maximum Gasteiger partial charge on any atom is 0.204 e. The molecule has 2 rings (SSSR count). The lowest BCUT2D eigenvalue weighted by atomic mass is 10.1. The van der Waals surface area contributed by atoms with Gasteiger partial charge in [-0.2, -0.15) is 4.39 Å². The van der Waals surface area contributed by atoms with E-state index in [-0.39, 0.29) is 17.9 Å².